The van der Waals surface area contributed by atoms with E-state index in [1.807, 2.05) is 6.08 Å². The van der Waals surface area contributed by atoms with Crippen LogP contribution in [0.2, 0.25) is 0 Å². The average Bonchev–Trinajstić information content (AvgIpc) is 3.48. The molecule has 3 aliphatic heterocycles. The molecule has 19 nitrogen and oxygen atoms in total. The molecule has 17 unspecified atom stereocenters. The molecule has 0 saturated carbocycles. The Morgan fingerprint density at radius 3 is 1.16 bits per heavy atom. The summed E-state index contributed by atoms with van der Waals surface area (Å²) in [4.78, 5) is 13.2. The van der Waals surface area contributed by atoms with Crippen molar-refractivity contribution in [2.75, 3.05) is 26.4 Å². The largest absolute Gasteiger partial charge is 0.394 e. The topological polar surface area (TPSA) is 307 Å². The Labute approximate surface area is 486 Å². The number of hydrogen-bond acceptors (Lipinski definition) is 18. The SMILES string of the molecule is CCCCC/C=C/C(O)C(COC1OC(CO)C(OC2OC(CO)C(OC3OC(CO)C(O)C(O)C3O)C(O)C2O)C(O)C1O)NC(=O)CCCCCCCCCCCCCCCCCCCCCCCCCCCCCCCCC. The molecule has 12 N–H and O–H groups in total. The predicted octanol–water partition coefficient (Wildman–Crippen LogP) is 6.94. The maximum atomic E-state index is 13.2. The standard InChI is InChI=1S/C62H117NO18/c1-3-5-7-9-10-11-12-13-14-15-16-17-18-19-20-21-22-23-24-25-26-27-28-29-30-31-32-33-34-36-38-40-50(68)63-45(46(67)39-37-35-8-6-4-2)44-76-60-56(74)53(71)58(48(42-65)78-60)81-62-57(75)54(72)59(49(43-66)79-62)80-61-55(73)52(70)51(69)47(41-64)77-61/h37,39,45-49,51-62,64-67,69-75H,3-36,38,40-44H2,1-2H3,(H,63,68)/b39-37+. The van der Waals surface area contributed by atoms with Gasteiger partial charge in [0.2, 0.25) is 5.91 Å². The molecule has 3 saturated heterocycles. The minimum Gasteiger partial charge on any atom is -0.394 e. The molecule has 0 aromatic rings. The molecule has 0 radical (unpaired) electrons. The fourth-order valence-electron chi connectivity index (χ4n) is 11.3. The average molecular weight is 1160 g/mol. The van der Waals surface area contributed by atoms with Crippen molar-refractivity contribution in [2.24, 2.45) is 0 Å². The van der Waals surface area contributed by atoms with E-state index in [1.165, 1.54) is 173 Å². The summed E-state index contributed by atoms with van der Waals surface area (Å²) in [6, 6.07) is -0.964. The van der Waals surface area contributed by atoms with E-state index in [0.29, 0.717) is 6.42 Å². The smallest absolute Gasteiger partial charge is 0.220 e. The molecular weight excluding hydrogens is 1050 g/mol. The second kappa shape index (κ2) is 45.8. The quantitative estimate of drug-likeness (QED) is 0.0217. The Bertz CT molecular complexity index is 1530. The lowest BCUT2D eigenvalue weighted by Gasteiger charge is -2.48. The highest BCUT2D eigenvalue weighted by Gasteiger charge is 2.53. The van der Waals surface area contributed by atoms with Crippen molar-refractivity contribution in [3.63, 3.8) is 0 Å². The highest BCUT2D eigenvalue weighted by molar-refractivity contribution is 5.76. The Kier molecular flexibility index (Phi) is 41.7. The van der Waals surface area contributed by atoms with Gasteiger partial charge in [0.05, 0.1) is 38.6 Å². The van der Waals surface area contributed by atoms with E-state index < -0.39 is 124 Å². The minimum atomic E-state index is -1.97. The van der Waals surface area contributed by atoms with Crippen molar-refractivity contribution < 1.29 is 89.4 Å². The molecule has 17 atom stereocenters. The van der Waals surface area contributed by atoms with Crippen molar-refractivity contribution in [1.29, 1.82) is 0 Å². The molecule has 0 aromatic heterocycles. The predicted molar refractivity (Wildman–Crippen MR) is 310 cm³/mol. The van der Waals surface area contributed by atoms with Gasteiger partial charge in [-0.3, -0.25) is 4.79 Å². The van der Waals surface area contributed by atoms with E-state index in [1.54, 1.807) is 6.08 Å². The molecule has 478 valence electrons. The van der Waals surface area contributed by atoms with E-state index >= 15 is 0 Å². The number of allylic oxidation sites excluding steroid dienone is 1. The first-order valence-electron chi connectivity index (χ1n) is 32.4. The maximum Gasteiger partial charge on any atom is 0.220 e. The number of aliphatic hydroxyl groups is 11. The van der Waals surface area contributed by atoms with Gasteiger partial charge in [0.1, 0.15) is 73.2 Å². The lowest BCUT2D eigenvalue weighted by Crippen LogP contribution is -2.66. The summed E-state index contributed by atoms with van der Waals surface area (Å²) in [5, 5.41) is 119. The Morgan fingerprint density at radius 1 is 0.432 bits per heavy atom. The van der Waals surface area contributed by atoms with Gasteiger partial charge in [0.25, 0.3) is 0 Å². The maximum absolute atomic E-state index is 13.2. The fourth-order valence-corrected chi connectivity index (χ4v) is 11.3. The van der Waals surface area contributed by atoms with Crippen molar-refractivity contribution in [3.8, 4) is 0 Å². The molecule has 0 spiro atoms. The first kappa shape index (κ1) is 73.8. The number of aliphatic hydroxyl groups excluding tert-OH is 11. The van der Waals surface area contributed by atoms with Gasteiger partial charge in [-0.25, -0.2) is 0 Å². The third-order valence-electron chi connectivity index (χ3n) is 16.6. The van der Waals surface area contributed by atoms with Crippen LogP contribution in [0.3, 0.4) is 0 Å². The number of hydrogen-bond donors (Lipinski definition) is 12. The van der Waals surface area contributed by atoms with Crippen LogP contribution >= 0.6 is 0 Å². The van der Waals surface area contributed by atoms with Gasteiger partial charge >= 0.3 is 0 Å². The van der Waals surface area contributed by atoms with Gasteiger partial charge in [-0.15, -0.1) is 0 Å². The number of unbranched alkanes of at least 4 members (excludes halogenated alkanes) is 33. The Morgan fingerprint density at radius 2 is 0.765 bits per heavy atom. The minimum absolute atomic E-state index is 0.247. The lowest BCUT2D eigenvalue weighted by molar-refractivity contribution is -0.379. The second-order valence-corrected chi connectivity index (χ2v) is 23.6. The summed E-state index contributed by atoms with van der Waals surface area (Å²) in [5.41, 5.74) is 0. The van der Waals surface area contributed by atoms with E-state index in [9.17, 15) is 61.0 Å². The molecule has 19 heteroatoms. The van der Waals surface area contributed by atoms with Gasteiger partial charge < -0.3 is 89.9 Å². The number of nitrogens with one attached hydrogen (secondary N) is 1. The fraction of sp³-hybridized carbons (Fsp3) is 0.952. The molecule has 0 aromatic carbocycles. The number of amides is 1. The molecule has 1 amide bonds. The van der Waals surface area contributed by atoms with Crippen LogP contribution in [-0.4, -0.2) is 193 Å². The van der Waals surface area contributed by atoms with E-state index in [2.05, 4.69) is 19.2 Å². The normalized spacial score (nSPS) is 29.8. The van der Waals surface area contributed by atoms with Gasteiger partial charge in [-0.2, -0.15) is 0 Å². The van der Waals surface area contributed by atoms with E-state index in [0.717, 1.165) is 44.9 Å². The van der Waals surface area contributed by atoms with Gasteiger partial charge in [-0.1, -0.05) is 231 Å². The zero-order valence-electron chi connectivity index (χ0n) is 50.0. The molecule has 0 bridgehead atoms. The molecular formula is C62H117NO18. The number of rotatable bonds is 49. The molecule has 81 heavy (non-hydrogen) atoms. The van der Waals surface area contributed by atoms with Crippen LogP contribution in [0.1, 0.15) is 245 Å². The van der Waals surface area contributed by atoms with Crippen molar-refractivity contribution in [3.05, 3.63) is 12.2 Å². The second-order valence-electron chi connectivity index (χ2n) is 23.6. The van der Waals surface area contributed by atoms with Crippen LogP contribution in [-0.2, 0) is 33.2 Å². The van der Waals surface area contributed by atoms with Crippen molar-refractivity contribution in [1.82, 2.24) is 5.32 Å². The summed E-state index contributed by atoms with van der Waals surface area (Å²) >= 11 is 0. The van der Waals surface area contributed by atoms with Gasteiger partial charge in [-0.05, 0) is 19.3 Å². The zero-order valence-corrected chi connectivity index (χ0v) is 50.0. The summed E-state index contributed by atoms with van der Waals surface area (Å²) in [6.07, 6.45) is 21.7. The summed E-state index contributed by atoms with van der Waals surface area (Å²) < 4.78 is 34.1. The van der Waals surface area contributed by atoms with Crippen LogP contribution in [0.15, 0.2) is 12.2 Å². The third-order valence-corrected chi connectivity index (χ3v) is 16.6. The zero-order chi connectivity index (χ0) is 59.0. The van der Waals surface area contributed by atoms with Crippen LogP contribution in [0.4, 0.5) is 0 Å². The molecule has 3 aliphatic rings. The molecule has 3 fully saturated rings. The van der Waals surface area contributed by atoms with Gasteiger partial charge in [0.15, 0.2) is 18.9 Å². The summed E-state index contributed by atoms with van der Waals surface area (Å²) in [5.74, 6) is -0.278. The monoisotopic (exact) mass is 1160 g/mol. The van der Waals surface area contributed by atoms with Crippen LogP contribution in [0.5, 0.6) is 0 Å². The van der Waals surface area contributed by atoms with Crippen LogP contribution < -0.4 is 5.32 Å². The van der Waals surface area contributed by atoms with Crippen LogP contribution in [0.25, 0.3) is 0 Å². The number of carbonyl (C=O) groups is 1. The molecule has 3 rings (SSSR count). The van der Waals surface area contributed by atoms with Crippen molar-refractivity contribution >= 4 is 5.91 Å². The Hall–Kier alpha value is -1.47. The number of ether oxygens (including phenoxy) is 6. The van der Waals surface area contributed by atoms with Gasteiger partial charge in [0, 0.05) is 6.42 Å². The highest BCUT2D eigenvalue weighted by Crippen LogP contribution is 2.33. The third kappa shape index (κ3) is 29.2. The van der Waals surface area contributed by atoms with E-state index in [4.69, 9.17) is 28.4 Å². The molecule has 0 aliphatic carbocycles. The van der Waals surface area contributed by atoms with Crippen LogP contribution in [0, 0.1) is 0 Å². The highest BCUT2D eigenvalue weighted by atomic mass is 16.8. The number of carbonyl (C=O) groups excluding carboxylic acids is 1. The molecule has 3 heterocycles. The van der Waals surface area contributed by atoms with Crippen molar-refractivity contribution in [2.45, 2.75) is 349 Å². The first-order valence-corrected chi connectivity index (χ1v) is 32.4. The lowest BCUT2D eigenvalue weighted by atomic mass is 9.96. The summed E-state index contributed by atoms with van der Waals surface area (Å²) in [7, 11) is 0. The summed E-state index contributed by atoms with van der Waals surface area (Å²) in [6.45, 7) is 1.61. The first-order chi connectivity index (χ1) is 39.3. The Balaban J connectivity index is 1.29. The van der Waals surface area contributed by atoms with E-state index in [-0.39, 0.29) is 18.9 Å².